The Morgan fingerprint density at radius 2 is 1.84 bits per heavy atom. The van der Waals surface area contributed by atoms with Crippen LogP contribution >= 0.6 is 0 Å². The van der Waals surface area contributed by atoms with Crippen molar-refractivity contribution in [2.45, 2.75) is 19.4 Å². The molecular formula is C26H18FN3O. The Morgan fingerprint density at radius 3 is 2.61 bits per heavy atom. The summed E-state index contributed by atoms with van der Waals surface area (Å²) in [6, 6.07) is 20.4. The fraction of sp³-hybridized carbons (Fsp3) is 0.115. The number of ether oxygens (including phenoxy) is 1. The van der Waals surface area contributed by atoms with Gasteiger partial charge in [-0.1, -0.05) is 42.5 Å². The maximum atomic E-state index is 13.2. The predicted molar refractivity (Wildman–Crippen MR) is 116 cm³/mol. The van der Waals surface area contributed by atoms with Gasteiger partial charge in [0.2, 0.25) is 5.88 Å². The van der Waals surface area contributed by atoms with Crippen molar-refractivity contribution in [3.05, 3.63) is 101 Å². The van der Waals surface area contributed by atoms with Gasteiger partial charge >= 0.3 is 0 Å². The van der Waals surface area contributed by atoms with Crippen LogP contribution in [-0.4, -0.2) is 9.97 Å². The molecule has 5 rings (SSSR count). The number of hydrogen-bond acceptors (Lipinski definition) is 4. The molecule has 4 aromatic rings. The number of pyridine rings is 2. The molecule has 1 aliphatic rings. The number of benzene rings is 2. The van der Waals surface area contributed by atoms with Crippen LogP contribution in [0.3, 0.4) is 0 Å². The summed E-state index contributed by atoms with van der Waals surface area (Å²) in [5, 5.41) is 10.1. The zero-order chi connectivity index (χ0) is 21.2. The van der Waals surface area contributed by atoms with E-state index in [4.69, 9.17) is 9.72 Å². The van der Waals surface area contributed by atoms with Gasteiger partial charge < -0.3 is 4.74 Å². The highest BCUT2D eigenvalue weighted by Gasteiger charge is 2.26. The van der Waals surface area contributed by atoms with E-state index in [1.54, 1.807) is 24.5 Å². The van der Waals surface area contributed by atoms with E-state index < -0.39 is 0 Å². The predicted octanol–water partition coefficient (Wildman–Crippen LogP) is 5.50. The first-order chi connectivity index (χ1) is 15.2. The summed E-state index contributed by atoms with van der Waals surface area (Å²) in [6.45, 7) is 0.189. The lowest BCUT2D eigenvalue weighted by Gasteiger charge is -2.24. The number of aryl methyl sites for hydroxylation is 1. The summed E-state index contributed by atoms with van der Waals surface area (Å²) in [5.74, 6) is -0.0232. The van der Waals surface area contributed by atoms with Crippen LogP contribution in [0.2, 0.25) is 0 Å². The molecule has 0 atom stereocenters. The molecule has 1 aliphatic carbocycles. The highest BCUT2D eigenvalue weighted by molar-refractivity contribution is 5.84. The van der Waals surface area contributed by atoms with Crippen molar-refractivity contribution in [1.82, 2.24) is 9.97 Å². The maximum Gasteiger partial charge on any atom is 0.233 e. The van der Waals surface area contributed by atoms with E-state index in [9.17, 15) is 9.65 Å². The third-order valence-corrected chi connectivity index (χ3v) is 5.53. The largest absolute Gasteiger partial charge is 0.472 e. The Morgan fingerprint density at radius 1 is 1.00 bits per heavy atom. The van der Waals surface area contributed by atoms with Gasteiger partial charge in [0.15, 0.2) is 0 Å². The van der Waals surface area contributed by atoms with Crippen molar-refractivity contribution >= 4 is 0 Å². The minimum Gasteiger partial charge on any atom is -0.472 e. The van der Waals surface area contributed by atoms with Gasteiger partial charge in [0.05, 0.1) is 5.69 Å². The molecule has 0 spiro atoms. The van der Waals surface area contributed by atoms with Gasteiger partial charge in [-0.2, -0.15) is 5.26 Å². The van der Waals surface area contributed by atoms with Crippen LogP contribution in [0.1, 0.15) is 22.3 Å². The van der Waals surface area contributed by atoms with Gasteiger partial charge in [-0.25, -0.2) is 9.37 Å². The number of nitriles is 1. The molecule has 0 fully saturated rings. The van der Waals surface area contributed by atoms with E-state index in [0.717, 1.165) is 46.4 Å². The van der Waals surface area contributed by atoms with E-state index in [1.807, 2.05) is 24.3 Å². The van der Waals surface area contributed by atoms with Gasteiger partial charge in [-0.15, -0.1) is 0 Å². The summed E-state index contributed by atoms with van der Waals surface area (Å²) in [4.78, 5) is 9.06. The minimum absolute atomic E-state index is 0.189. The Kier molecular flexibility index (Phi) is 4.89. The van der Waals surface area contributed by atoms with Gasteiger partial charge in [-0.05, 0) is 47.7 Å². The van der Waals surface area contributed by atoms with Crippen molar-refractivity contribution in [3.8, 4) is 34.3 Å². The Labute approximate surface area is 179 Å². The van der Waals surface area contributed by atoms with Crippen molar-refractivity contribution < 1.29 is 9.13 Å². The van der Waals surface area contributed by atoms with E-state index in [0.29, 0.717) is 5.56 Å². The first-order valence-electron chi connectivity index (χ1n) is 10.1. The first kappa shape index (κ1) is 19.0. The Hall–Kier alpha value is -4.04. The van der Waals surface area contributed by atoms with Crippen molar-refractivity contribution in [2.24, 2.45) is 0 Å². The molecule has 0 amide bonds. The standard InChI is InChI=1S/C26H18FN3O/c27-20-10-7-17(8-11-20)16-31-26-23(14-28)24(19-5-3-13-29-15-19)22-12-9-18-4-1-2-6-21(18)25(22)30-26/h1-8,10-11,13,15H,9,12,16H2. The van der Waals surface area contributed by atoms with Gasteiger partial charge in [0.25, 0.3) is 0 Å². The topological polar surface area (TPSA) is 58.8 Å². The normalized spacial score (nSPS) is 11.9. The molecule has 150 valence electrons. The molecule has 0 radical (unpaired) electrons. The van der Waals surface area contributed by atoms with Crippen LogP contribution in [0.25, 0.3) is 22.4 Å². The minimum atomic E-state index is -0.302. The summed E-state index contributed by atoms with van der Waals surface area (Å²) in [5.41, 5.74) is 7.05. The van der Waals surface area contributed by atoms with E-state index in [1.165, 1.54) is 17.7 Å². The fourth-order valence-corrected chi connectivity index (χ4v) is 4.07. The van der Waals surface area contributed by atoms with E-state index in [-0.39, 0.29) is 18.3 Å². The summed E-state index contributed by atoms with van der Waals surface area (Å²) < 4.78 is 19.3. The molecule has 2 aromatic heterocycles. The molecular weight excluding hydrogens is 389 g/mol. The number of nitrogens with zero attached hydrogens (tertiary/aromatic N) is 3. The molecule has 4 nitrogen and oxygen atoms in total. The maximum absolute atomic E-state index is 13.2. The zero-order valence-electron chi connectivity index (χ0n) is 16.7. The molecule has 2 heterocycles. The second-order valence-corrected chi connectivity index (χ2v) is 7.42. The number of halogens is 1. The van der Waals surface area contributed by atoms with E-state index in [2.05, 4.69) is 23.2 Å². The van der Waals surface area contributed by atoms with Crippen LogP contribution in [0, 0.1) is 17.1 Å². The number of fused-ring (bicyclic) bond motifs is 3. The SMILES string of the molecule is N#Cc1c(OCc2ccc(F)cc2)nc2c(c1-c1cccnc1)CCc1ccccc1-2. The lowest BCUT2D eigenvalue weighted by atomic mass is 9.83. The first-order valence-corrected chi connectivity index (χ1v) is 10.1. The molecule has 0 saturated heterocycles. The van der Waals surface area contributed by atoms with Gasteiger partial charge in [0.1, 0.15) is 24.1 Å². The highest BCUT2D eigenvalue weighted by Crippen LogP contribution is 2.42. The monoisotopic (exact) mass is 407 g/mol. The Balaban J connectivity index is 1.68. The van der Waals surface area contributed by atoms with Gasteiger partial charge in [-0.3, -0.25) is 4.98 Å². The third kappa shape index (κ3) is 3.53. The smallest absolute Gasteiger partial charge is 0.233 e. The van der Waals surface area contributed by atoms with Crippen LogP contribution in [0.5, 0.6) is 5.88 Å². The second kappa shape index (κ2) is 8.00. The molecule has 0 saturated carbocycles. The number of hydrogen-bond donors (Lipinski definition) is 0. The summed E-state index contributed by atoms with van der Waals surface area (Å²) >= 11 is 0. The molecule has 0 unspecified atom stereocenters. The van der Waals surface area contributed by atoms with Crippen molar-refractivity contribution in [1.29, 1.82) is 5.26 Å². The Bertz CT molecular complexity index is 1300. The van der Waals surface area contributed by atoms with Crippen LogP contribution in [0.15, 0.2) is 73.1 Å². The van der Waals surface area contributed by atoms with Crippen LogP contribution < -0.4 is 4.74 Å². The second-order valence-electron chi connectivity index (χ2n) is 7.42. The highest BCUT2D eigenvalue weighted by atomic mass is 19.1. The quantitative estimate of drug-likeness (QED) is 0.448. The van der Waals surface area contributed by atoms with Gasteiger partial charge in [0, 0.05) is 29.1 Å². The lowest BCUT2D eigenvalue weighted by molar-refractivity contribution is 0.293. The van der Waals surface area contributed by atoms with Crippen LogP contribution in [-0.2, 0) is 19.4 Å². The average molecular weight is 407 g/mol. The number of rotatable bonds is 4. The zero-order valence-corrected chi connectivity index (χ0v) is 16.7. The summed E-state index contributed by atoms with van der Waals surface area (Å²) in [7, 11) is 0. The molecule has 0 N–H and O–H groups in total. The van der Waals surface area contributed by atoms with Crippen molar-refractivity contribution in [2.75, 3.05) is 0 Å². The third-order valence-electron chi connectivity index (χ3n) is 5.53. The molecule has 0 bridgehead atoms. The summed E-state index contributed by atoms with van der Waals surface area (Å²) in [6.07, 6.45) is 5.15. The van der Waals surface area contributed by atoms with Crippen molar-refractivity contribution in [3.63, 3.8) is 0 Å². The average Bonchev–Trinajstić information content (AvgIpc) is 2.83. The van der Waals surface area contributed by atoms with Crippen LogP contribution in [0.4, 0.5) is 4.39 Å². The lowest BCUT2D eigenvalue weighted by Crippen LogP contribution is -2.11. The van der Waals surface area contributed by atoms with E-state index >= 15 is 0 Å². The fourth-order valence-electron chi connectivity index (χ4n) is 4.07. The number of aromatic nitrogens is 2. The molecule has 0 aliphatic heterocycles. The molecule has 2 aromatic carbocycles. The molecule has 5 heteroatoms. The molecule has 31 heavy (non-hydrogen) atoms.